The van der Waals surface area contributed by atoms with Crippen molar-refractivity contribution in [3.8, 4) is 0 Å². The summed E-state index contributed by atoms with van der Waals surface area (Å²) in [5.74, 6) is -0.989. The molecule has 3 rings (SSSR count). The van der Waals surface area contributed by atoms with Crippen LogP contribution in [0.1, 0.15) is 28.8 Å². The van der Waals surface area contributed by atoms with Gasteiger partial charge in [-0.25, -0.2) is 4.79 Å². The number of carbonyl (C=O) groups excluding carboxylic acids is 3. The van der Waals surface area contributed by atoms with Crippen molar-refractivity contribution in [2.24, 2.45) is 5.41 Å². The van der Waals surface area contributed by atoms with E-state index in [4.69, 9.17) is 0 Å². The summed E-state index contributed by atoms with van der Waals surface area (Å²) in [5, 5.41) is 5.64. The molecule has 0 saturated heterocycles. The summed E-state index contributed by atoms with van der Waals surface area (Å²) in [4.78, 5) is 36.5. The smallest absolute Gasteiger partial charge is 0.337 e. The van der Waals surface area contributed by atoms with Crippen LogP contribution in [-0.4, -0.2) is 31.4 Å². The van der Waals surface area contributed by atoms with Crippen molar-refractivity contribution in [1.29, 1.82) is 0 Å². The lowest BCUT2D eigenvalue weighted by atomic mass is 10.0. The van der Waals surface area contributed by atoms with Crippen molar-refractivity contribution < 1.29 is 19.1 Å². The van der Waals surface area contributed by atoms with Crippen LogP contribution in [0.3, 0.4) is 0 Å². The van der Waals surface area contributed by atoms with Crippen LogP contribution in [0.15, 0.2) is 54.6 Å². The number of benzene rings is 2. The van der Waals surface area contributed by atoms with Gasteiger partial charge in [0.1, 0.15) is 5.41 Å². The second kappa shape index (κ2) is 8.03. The first-order valence-electron chi connectivity index (χ1n) is 8.87. The number of hydrogen-bond acceptors (Lipinski definition) is 4. The van der Waals surface area contributed by atoms with Gasteiger partial charge in [0.25, 0.3) is 0 Å². The molecule has 0 unspecified atom stereocenters. The number of nitrogens with one attached hydrogen (secondary N) is 2. The number of amides is 2. The number of esters is 1. The lowest BCUT2D eigenvalue weighted by Crippen LogP contribution is -2.40. The molecule has 0 spiro atoms. The lowest BCUT2D eigenvalue weighted by Gasteiger charge is -2.15. The molecule has 0 radical (unpaired) electrons. The largest absolute Gasteiger partial charge is 0.465 e. The molecule has 0 bridgehead atoms. The van der Waals surface area contributed by atoms with Gasteiger partial charge < -0.3 is 15.4 Å². The summed E-state index contributed by atoms with van der Waals surface area (Å²) < 4.78 is 4.64. The van der Waals surface area contributed by atoms with E-state index in [2.05, 4.69) is 15.4 Å². The topological polar surface area (TPSA) is 84.5 Å². The van der Waals surface area contributed by atoms with Crippen LogP contribution in [0, 0.1) is 5.41 Å². The highest BCUT2D eigenvalue weighted by Crippen LogP contribution is 2.46. The van der Waals surface area contributed by atoms with E-state index in [1.807, 2.05) is 30.3 Å². The molecular weight excluding hydrogens is 344 g/mol. The molecule has 6 nitrogen and oxygen atoms in total. The van der Waals surface area contributed by atoms with Gasteiger partial charge >= 0.3 is 5.97 Å². The molecule has 0 atom stereocenters. The molecule has 2 aromatic carbocycles. The Morgan fingerprint density at radius 3 is 2.22 bits per heavy atom. The molecule has 0 aliphatic heterocycles. The molecule has 0 heterocycles. The first kappa shape index (κ1) is 18.6. The molecule has 6 heteroatoms. The molecule has 2 aromatic rings. The fourth-order valence-corrected chi connectivity index (χ4v) is 2.87. The molecule has 1 aliphatic carbocycles. The molecule has 2 N–H and O–H groups in total. The van der Waals surface area contributed by atoms with Gasteiger partial charge in [0.05, 0.1) is 12.7 Å². The Kier molecular flexibility index (Phi) is 5.54. The molecule has 2 amide bonds. The molecule has 1 saturated carbocycles. The van der Waals surface area contributed by atoms with E-state index in [9.17, 15) is 14.4 Å². The first-order valence-corrected chi connectivity index (χ1v) is 8.87. The van der Waals surface area contributed by atoms with Gasteiger partial charge in [-0.05, 0) is 49.1 Å². The van der Waals surface area contributed by atoms with Gasteiger partial charge in [0, 0.05) is 12.2 Å². The summed E-state index contributed by atoms with van der Waals surface area (Å²) >= 11 is 0. The van der Waals surface area contributed by atoms with E-state index in [1.54, 1.807) is 24.3 Å². The number of hydrogen-bond donors (Lipinski definition) is 2. The maximum absolute atomic E-state index is 12.6. The van der Waals surface area contributed by atoms with E-state index >= 15 is 0 Å². The minimum absolute atomic E-state index is 0.234. The summed E-state index contributed by atoms with van der Waals surface area (Å²) in [7, 11) is 1.31. The number of ether oxygens (including phenoxy) is 1. The third-order valence-electron chi connectivity index (χ3n) is 4.73. The Labute approximate surface area is 157 Å². The minimum atomic E-state index is -0.988. The highest BCUT2D eigenvalue weighted by atomic mass is 16.5. The van der Waals surface area contributed by atoms with Crippen LogP contribution < -0.4 is 10.6 Å². The van der Waals surface area contributed by atoms with Crippen molar-refractivity contribution in [3.05, 3.63) is 65.7 Å². The van der Waals surface area contributed by atoms with E-state index in [0.717, 1.165) is 12.0 Å². The molecule has 1 fully saturated rings. The van der Waals surface area contributed by atoms with Crippen molar-refractivity contribution in [1.82, 2.24) is 5.32 Å². The number of carbonyl (C=O) groups is 3. The molecular formula is C21H22N2O4. The van der Waals surface area contributed by atoms with E-state index in [-0.39, 0.29) is 11.8 Å². The molecule has 1 aliphatic rings. The van der Waals surface area contributed by atoms with Crippen LogP contribution in [-0.2, 0) is 20.7 Å². The first-order chi connectivity index (χ1) is 13.0. The standard InChI is InChI=1S/C21H22N2O4/c1-27-18(24)16-7-9-17(10-8-16)23-20(26)21(12-13-21)19(25)22-14-11-15-5-3-2-4-6-15/h2-10H,11-14H2,1H3,(H,22,25)(H,23,26). The monoisotopic (exact) mass is 366 g/mol. The average molecular weight is 366 g/mol. The Morgan fingerprint density at radius 1 is 0.963 bits per heavy atom. The van der Waals surface area contributed by atoms with Crippen LogP contribution >= 0.6 is 0 Å². The molecule has 140 valence electrons. The summed E-state index contributed by atoms with van der Waals surface area (Å²) in [6, 6.07) is 16.2. The van der Waals surface area contributed by atoms with Crippen molar-refractivity contribution in [3.63, 3.8) is 0 Å². The number of rotatable bonds is 7. The Morgan fingerprint density at radius 2 is 1.63 bits per heavy atom. The fourth-order valence-electron chi connectivity index (χ4n) is 2.87. The molecule has 0 aromatic heterocycles. The average Bonchev–Trinajstić information content (AvgIpc) is 3.51. The minimum Gasteiger partial charge on any atom is -0.465 e. The summed E-state index contributed by atoms with van der Waals surface area (Å²) in [6.07, 6.45) is 1.80. The van der Waals surface area contributed by atoms with E-state index in [1.165, 1.54) is 7.11 Å². The second-order valence-electron chi connectivity index (χ2n) is 6.60. The third kappa shape index (κ3) is 4.34. The van der Waals surface area contributed by atoms with Gasteiger partial charge in [0.2, 0.25) is 11.8 Å². The van der Waals surface area contributed by atoms with E-state index in [0.29, 0.717) is 30.6 Å². The normalized spacial score (nSPS) is 14.1. The number of methoxy groups -OCH3 is 1. The van der Waals surface area contributed by atoms with Crippen LogP contribution in [0.5, 0.6) is 0 Å². The zero-order valence-electron chi connectivity index (χ0n) is 15.2. The van der Waals surface area contributed by atoms with Crippen molar-refractivity contribution in [2.75, 3.05) is 19.0 Å². The van der Waals surface area contributed by atoms with Gasteiger partial charge in [-0.3, -0.25) is 9.59 Å². The quantitative estimate of drug-likeness (QED) is 0.583. The summed E-state index contributed by atoms with van der Waals surface area (Å²) in [6.45, 7) is 0.492. The second-order valence-corrected chi connectivity index (χ2v) is 6.60. The zero-order chi connectivity index (χ0) is 19.3. The maximum Gasteiger partial charge on any atom is 0.337 e. The highest BCUT2D eigenvalue weighted by Gasteiger charge is 2.56. The number of anilines is 1. The van der Waals surface area contributed by atoms with Crippen LogP contribution in [0.25, 0.3) is 0 Å². The van der Waals surface area contributed by atoms with Gasteiger partial charge in [0.15, 0.2) is 0 Å². The fraction of sp³-hybridized carbons (Fsp3) is 0.286. The maximum atomic E-state index is 12.6. The molecule has 27 heavy (non-hydrogen) atoms. The van der Waals surface area contributed by atoms with Gasteiger partial charge in [-0.2, -0.15) is 0 Å². The predicted molar refractivity (Wildman–Crippen MR) is 101 cm³/mol. The van der Waals surface area contributed by atoms with Crippen molar-refractivity contribution >= 4 is 23.5 Å². The summed E-state index contributed by atoms with van der Waals surface area (Å²) in [5.41, 5.74) is 1.08. The SMILES string of the molecule is COC(=O)c1ccc(NC(=O)C2(C(=O)NCCc3ccccc3)CC2)cc1. The third-order valence-corrected chi connectivity index (χ3v) is 4.73. The highest BCUT2D eigenvalue weighted by molar-refractivity contribution is 6.13. The lowest BCUT2D eigenvalue weighted by molar-refractivity contribution is -0.134. The van der Waals surface area contributed by atoms with Gasteiger partial charge in [-0.15, -0.1) is 0 Å². The zero-order valence-corrected chi connectivity index (χ0v) is 15.2. The predicted octanol–water partition coefficient (Wildman–Crippen LogP) is 2.55. The van der Waals surface area contributed by atoms with Crippen LogP contribution in [0.2, 0.25) is 0 Å². The van der Waals surface area contributed by atoms with Crippen molar-refractivity contribution in [2.45, 2.75) is 19.3 Å². The van der Waals surface area contributed by atoms with E-state index < -0.39 is 11.4 Å². The van der Waals surface area contributed by atoms with Gasteiger partial charge in [-0.1, -0.05) is 30.3 Å². The van der Waals surface area contributed by atoms with Crippen LogP contribution in [0.4, 0.5) is 5.69 Å². The Hall–Kier alpha value is -3.15. The Bertz CT molecular complexity index is 827. The Balaban J connectivity index is 1.54.